The van der Waals surface area contributed by atoms with Crippen molar-refractivity contribution in [2.75, 3.05) is 0 Å². The van der Waals surface area contributed by atoms with E-state index in [1.54, 1.807) is 23.9 Å². The van der Waals surface area contributed by atoms with Gasteiger partial charge in [-0.3, -0.25) is 4.40 Å². The molecule has 0 amide bonds. The summed E-state index contributed by atoms with van der Waals surface area (Å²) in [7, 11) is 0. The number of fused-ring (bicyclic) bond motifs is 1. The number of hydrogen-bond acceptors (Lipinski definition) is 5. The molecule has 18 heavy (non-hydrogen) atoms. The largest absolute Gasteiger partial charge is 0.332 e. The van der Waals surface area contributed by atoms with Crippen LogP contribution in [0, 0.1) is 0 Å². The molecule has 1 saturated carbocycles. The lowest BCUT2D eigenvalue weighted by Crippen LogP contribution is -1.92. The molecule has 0 bridgehead atoms. The number of aromatic nitrogens is 4. The summed E-state index contributed by atoms with van der Waals surface area (Å²) in [6.45, 7) is 0. The van der Waals surface area contributed by atoms with Gasteiger partial charge in [-0.25, -0.2) is 4.98 Å². The standard InChI is InChI=1S/C10H6Cl2N4OS/c11-10(12)1-5(10)8-14-9(17-15-8)6-3-18-7-2-13-4-16(6)7/h2-5H,1H2. The fourth-order valence-corrected chi connectivity index (χ4v) is 3.18. The van der Waals surface area contributed by atoms with E-state index in [9.17, 15) is 0 Å². The first kappa shape index (κ1) is 10.8. The number of nitrogens with zero attached hydrogens (tertiary/aromatic N) is 4. The van der Waals surface area contributed by atoms with Crippen molar-refractivity contribution < 1.29 is 4.52 Å². The molecule has 92 valence electrons. The van der Waals surface area contributed by atoms with Crippen LogP contribution in [0.5, 0.6) is 0 Å². The minimum absolute atomic E-state index is 0.0322. The zero-order valence-corrected chi connectivity index (χ0v) is 11.2. The predicted molar refractivity (Wildman–Crippen MR) is 68.2 cm³/mol. The molecule has 4 rings (SSSR count). The van der Waals surface area contributed by atoms with E-state index < -0.39 is 4.33 Å². The minimum Gasteiger partial charge on any atom is -0.332 e. The first-order valence-electron chi connectivity index (χ1n) is 5.26. The molecule has 0 radical (unpaired) electrons. The van der Waals surface area contributed by atoms with Crippen molar-refractivity contribution in [2.45, 2.75) is 16.7 Å². The van der Waals surface area contributed by atoms with Crippen molar-refractivity contribution >= 4 is 39.4 Å². The summed E-state index contributed by atoms with van der Waals surface area (Å²) < 4.78 is 6.43. The summed E-state index contributed by atoms with van der Waals surface area (Å²) in [5.41, 5.74) is 0.835. The van der Waals surface area contributed by atoms with Gasteiger partial charge in [-0.05, 0) is 6.42 Å². The summed E-state index contributed by atoms with van der Waals surface area (Å²) in [6.07, 6.45) is 4.17. The van der Waals surface area contributed by atoms with E-state index in [2.05, 4.69) is 15.1 Å². The summed E-state index contributed by atoms with van der Waals surface area (Å²) in [5, 5.41) is 5.89. The second-order valence-electron chi connectivity index (χ2n) is 4.20. The fourth-order valence-electron chi connectivity index (χ4n) is 1.85. The third-order valence-corrected chi connectivity index (χ3v) is 4.67. The molecule has 3 heterocycles. The van der Waals surface area contributed by atoms with Gasteiger partial charge in [-0.2, -0.15) is 4.98 Å². The molecule has 0 aromatic carbocycles. The quantitative estimate of drug-likeness (QED) is 0.682. The van der Waals surface area contributed by atoms with E-state index >= 15 is 0 Å². The molecule has 0 spiro atoms. The van der Waals surface area contributed by atoms with E-state index in [1.165, 1.54) is 0 Å². The van der Waals surface area contributed by atoms with Gasteiger partial charge in [-0.15, -0.1) is 34.5 Å². The van der Waals surface area contributed by atoms with Crippen LogP contribution in [0.25, 0.3) is 16.4 Å². The maximum Gasteiger partial charge on any atom is 0.275 e. The number of thiazole rings is 1. The highest BCUT2D eigenvalue weighted by molar-refractivity contribution is 7.15. The SMILES string of the molecule is ClC1(Cl)CC1c1noc(-c2csc3cncn23)n1. The molecule has 0 aliphatic heterocycles. The van der Waals surface area contributed by atoms with Crippen LogP contribution < -0.4 is 0 Å². The van der Waals surface area contributed by atoms with Crippen molar-refractivity contribution in [2.24, 2.45) is 0 Å². The average molecular weight is 301 g/mol. The first-order chi connectivity index (χ1) is 8.65. The Morgan fingerprint density at radius 3 is 3.11 bits per heavy atom. The Morgan fingerprint density at radius 1 is 1.50 bits per heavy atom. The highest BCUT2D eigenvalue weighted by Crippen LogP contribution is 2.58. The van der Waals surface area contributed by atoms with Crippen molar-refractivity contribution in [1.29, 1.82) is 0 Å². The van der Waals surface area contributed by atoms with Crippen molar-refractivity contribution in [1.82, 2.24) is 19.5 Å². The lowest BCUT2D eigenvalue weighted by atomic mass is 10.4. The maximum absolute atomic E-state index is 5.98. The Balaban J connectivity index is 1.76. The highest BCUT2D eigenvalue weighted by Gasteiger charge is 2.55. The van der Waals surface area contributed by atoms with Crippen molar-refractivity contribution in [3.8, 4) is 11.6 Å². The van der Waals surface area contributed by atoms with E-state index in [-0.39, 0.29) is 5.92 Å². The Kier molecular flexibility index (Phi) is 2.07. The molecule has 1 aliphatic rings. The van der Waals surface area contributed by atoms with Crippen molar-refractivity contribution in [3.63, 3.8) is 0 Å². The van der Waals surface area contributed by atoms with E-state index in [1.807, 2.05) is 9.78 Å². The highest BCUT2D eigenvalue weighted by atomic mass is 35.5. The number of imidazole rings is 1. The van der Waals surface area contributed by atoms with Gasteiger partial charge in [0.2, 0.25) is 0 Å². The average Bonchev–Trinajstić information content (AvgIpc) is 2.83. The van der Waals surface area contributed by atoms with Crippen LogP contribution in [0.15, 0.2) is 22.4 Å². The summed E-state index contributed by atoms with van der Waals surface area (Å²) in [5.74, 6) is 0.995. The Hall–Kier alpha value is -1.11. The number of hydrogen-bond donors (Lipinski definition) is 0. The molecule has 8 heteroatoms. The third kappa shape index (κ3) is 1.49. The molecule has 1 fully saturated rings. The monoisotopic (exact) mass is 300 g/mol. The number of alkyl halides is 2. The van der Waals surface area contributed by atoms with E-state index in [4.69, 9.17) is 27.7 Å². The van der Waals surface area contributed by atoms with Crippen LogP contribution in [-0.2, 0) is 0 Å². The summed E-state index contributed by atoms with van der Waals surface area (Å²) in [6, 6.07) is 0. The van der Waals surface area contributed by atoms with Crippen LogP contribution >= 0.6 is 34.5 Å². The minimum atomic E-state index is -0.736. The van der Waals surface area contributed by atoms with Crippen LogP contribution in [0.1, 0.15) is 18.2 Å². The van der Waals surface area contributed by atoms with Gasteiger partial charge in [0.15, 0.2) is 5.82 Å². The zero-order chi connectivity index (χ0) is 12.3. The van der Waals surface area contributed by atoms with E-state index in [0.29, 0.717) is 18.1 Å². The Bertz CT molecular complexity index is 731. The molecular formula is C10H6Cl2N4OS. The van der Waals surface area contributed by atoms with Gasteiger partial charge in [0, 0.05) is 5.38 Å². The predicted octanol–water partition coefficient (Wildman–Crippen LogP) is 3.11. The fraction of sp³-hybridized carbons (Fsp3) is 0.300. The van der Waals surface area contributed by atoms with E-state index in [0.717, 1.165) is 10.5 Å². The van der Waals surface area contributed by atoms with Crippen LogP contribution in [-0.4, -0.2) is 23.9 Å². The molecular weight excluding hydrogens is 295 g/mol. The topological polar surface area (TPSA) is 56.2 Å². The molecule has 0 saturated heterocycles. The van der Waals surface area contributed by atoms with Gasteiger partial charge in [0.25, 0.3) is 5.89 Å². The van der Waals surface area contributed by atoms with Gasteiger partial charge in [0.1, 0.15) is 21.2 Å². The first-order valence-corrected chi connectivity index (χ1v) is 6.90. The number of rotatable bonds is 2. The van der Waals surface area contributed by atoms with Crippen molar-refractivity contribution in [3.05, 3.63) is 23.7 Å². The molecule has 0 N–H and O–H groups in total. The van der Waals surface area contributed by atoms with Gasteiger partial charge in [-0.1, -0.05) is 5.16 Å². The third-order valence-electron chi connectivity index (χ3n) is 2.95. The zero-order valence-electron chi connectivity index (χ0n) is 8.88. The van der Waals surface area contributed by atoms with Gasteiger partial charge >= 0.3 is 0 Å². The lowest BCUT2D eigenvalue weighted by molar-refractivity contribution is 0.421. The Labute approximate surface area is 115 Å². The summed E-state index contributed by atoms with van der Waals surface area (Å²) in [4.78, 5) is 9.45. The second-order valence-corrected chi connectivity index (χ2v) is 6.63. The second kappa shape index (κ2) is 3.46. The van der Waals surface area contributed by atoms with Crippen LogP contribution in [0.3, 0.4) is 0 Å². The normalized spacial score (nSPS) is 21.6. The van der Waals surface area contributed by atoms with Gasteiger partial charge < -0.3 is 4.52 Å². The molecule has 5 nitrogen and oxygen atoms in total. The smallest absolute Gasteiger partial charge is 0.275 e. The molecule has 3 aromatic rings. The Morgan fingerprint density at radius 2 is 2.33 bits per heavy atom. The van der Waals surface area contributed by atoms with Crippen LogP contribution in [0.4, 0.5) is 0 Å². The number of halogens is 2. The van der Waals surface area contributed by atoms with Crippen LogP contribution in [0.2, 0.25) is 0 Å². The lowest BCUT2D eigenvalue weighted by Gasteiger charge is -1.91. The van der Waals surface area contributed by atoms with Gasteiger partial charge in [0.05, 0.1) is 12.1 Å². The molecule has 1 aliphatic carbocycles. The molecule has 3 aromatic heterocycles. The molecule has 1 atom stereocenters. The summed E-state index contributed by atoms with van der Waals surface area (Å²) >= 11 is 13.5. The molecule has 1 unspecified atom stereocenters. The maximum atomic E-state index is 5.98.